The molecule has 2 aromatic rings. The molecular formula is C22H22F5NO2. The molecule has 0 bridgehead atoms. The van der Waals surface area contributed by atoms with Gasteiger partial charge in [-0.1, -0.05) is 24.3 Å². The van der Waals surface area contributed by atoms with Crippen molar-refractivity contribution in [2.75, 3.05) is 13.2 Å². The van der Waals surface area contributed by atoms with Crippen LogP contribution in [0.2, 0.25) is 0 Å². The molecular weight excluding hydrogens is 405 g/mol. The molecule has 0 saturated carbocycles. The molecule has 3 rings (SSSR count). The first-order valence-corrected chi connectivity index (χ1v) is 9.73. The fraction of sp³-hybridized carbons (Fsp3) is 0.409. The van der Waals surface area contributed by atoms with E-state index in [0.29, 0.717) is 30.5 Å². The van der Waals surface area contributed by atoms with Gasteiger partial charge in [0.1, 0.15) is 17.7 Å². The van der Waals surface area contributed by atoms with E-state index >= 15 is 0 Å². The van der Waals surface area contributed by atoms with Crippen LogP contribution in [-0.4, -0.2) is 30.1 Å². The molecule has 1 fully saturated rings. The molecule has 1 saturated heterocycles. The van der Waals surface area contributed by atoms with Crippen LogP contribution in [0, 0.1) is 11.6 Å². The van der Waals surface area contributed by atoms with Crippen LogP contribution in [0.15, 0.2) is 48.5 Å². The van der Waals surface area contributed by atoms with Gasteiger partial charge in [0.05, 0.1) is 6.04 Å². The molecule has 0 spiro atoms. The Bertz CT molecular complexity index is 836. The number of rotatable bonds is 8. The third-order valence-corrected chi connectivity index (χ3v) is 5.04. The molecule has 162 valence electrons. The largest absolute Gasteiger partial charge is 0.389 e. The zero-order valence-electron chi connectivity index (χ0n) is 16.2. The second kappa shape index (κ2) is 9.55. The summed E-state index contributed by atoms with van der Waals surface area (Å²) in [5, 5.41) is 0. The smallest absolute Gasteiger partial charge is 0.371 e. The van der Waals surface area contributed by atoms with Gasteiger partial charge >= 0.3 is 6.18 Å². The Morgan fingerprint density at radius 1 is 0.933 bits per heavy atom. The summed E-state index contributed by atoms with van der Waals surface area (Å²) in [5.74, 6) is -1.03. The lowest BCUT2D eigenvalue weighted by Gasteiger charge is -2.35. The van der Waals surface area contributed by atoms with Crippen LogP contribution < -0.4 is 0 Å². The summed E-state index contributed by atoms with van der Waals surface area (Å²) in [5.41, 5.74) is 1.12. The van der Waals surface area contributed by atoms with Crippen molar-refractivity contribution >= 4 is 5.91 Å². The van der Waals surface area contributed by atoms with Crippen LogP contribution in [-0.2, 0) is 9.53 Å². The average molecular weight is 427 g/mol. The minimum absolute atomic E-state index is 0.115. The van der Waals surface area contributed by atoms with Crippen molar-refractivity contribution < 1.29 is 31.5 Å². The van der Waals surface area contributed by atoms with Crippen molar-refractivity contribution in [2.24, 2.45) is 0 Å². The Morgan fingerprint density at radius 3 is 2.00 bits per heavy atom. The number of nitrogens with zero attached hydrogens (tertiary/aromatic N) is 1. The second-order valence-electron chi connectivity index (χ2n) is 7.25. The maximum Gasteiger partial charge on any atom is 0.389 e. The van der Waals surface area contributed by atoms with Crippen LogP contribution in [0.1, 0.15) is 49.0 Å². The van der Waals surface area contributed by atoms with Gasteiger partial charge in [-0.2, -0.15) is 13.2 Å². The number of alkyl halides is 3. The third-order valence-electron chi connectivity index (χ3n) is 5.04. The Morgan fingerprint density at radius 2 is 1.50 bits per heavy atom. The van der Waals surface area contributed by atoms with E-state index in [1.807, 2.05) is 0 Å². The van der Waals surface area contributed by atoms with E-state index < -0.39 is 36.4 Å². The molecule has 30 heavy (non-hydrogen) atoms. The highest BCUT2D eigenvalue weighted by molar-refractivity contribution is 5.78. The van der Waals surface area contributed by atoms with Gasteiger partial charge in [-0.3, -0.25) is 4.79 Å². The molecule has 3 nitrogen and oxygen atoms in total. The van der Waals surface area contributed by atoms with Crippen LogP contribution in [0.3, 0.4) is 0 Å². The van der Waals surface area contributed by atoms with Gasteiger partial charge in [0.25, 0.3) is 0 Å². The number of hydrogen-bond donors (Lipinski definition) is 0. The van der Waals surface area contributed by atoms with Crippen molar-refractivity contribution in [2.45, 2.75) is 44.0 Å². The Balaban J connectivity index is 1.93. The number of benzene rings is 2. The molecule has 0 aliphatic carbocycles. The first-order chi connectivity index (χ1) is 14.2. The van der Waals surface area contributed by atoms with E-state index in [1.165, 1.54) is 48.5 Å². The summed E-state index contributed by atoms with van der Waals surface area (Å²) in [6.07, 6.45) is -5.37. The quantitative estimate of drug-likeness (QED) is 0.398. The topological polar surface area (TPSA) is 29.5 Å². The van der Waals surface area contributed by atoms with E-state index in [-0.39, 0.29) is 18.9 Å². The maximum atomic E-state index is 13.5. The Hall–Kier alpha value is -2.48. The third kappa shape index (κ3) is 5.78. The zero-order chi connectivity index (χ0) is 21.7. The minimum atomic E-state index is -4.30. The molecule has 0 N–H and O–H groups in total. The average Bonchev–Trinajstić information content (AvgIpc) is 3.11. The van der Waals surface area contributed by atoms with E-state index in [1.54, 1.807) is 4.90 Å². The molecule has 0 aromatic heterocycles. The van der Waals surface area contributed by atoms with Gasteiger partial charge in [0.15, 0.2) is 0 Å². The SMILES string of the molecule is O=C1CCCN1C(c1ccc(F)cc1)[C@H](OCCCC(F)(F)F)c1ccc(F)cc1. The first-order valence-electron chi connectivity index (χ1n) is 9.73. The molecule has 2 atom stereocenters. The summed E-state index contributed by atoms with van der Waals surface area (Å²) in [6.45, 7) is 0.256. The van der Waals surface area contributed by atoms with Crippen molar-refractivity contribution in [1.29, 1.82) is 0 Å². The summed E-state index contributed by atoms with van der Waals surface area (Å²) >= 11 is 0. The van der Waals surface area contributed by atoms with Crippen molar-refractivity contribution in [3.63, 3.8) is 0 Å². The lowest BCUT2D eigenvalue weighted by molar-refractivity contribution is -0.141. The summed E-state index contributed by atoms with van der Waals surface area (Å²) in [6, 6.07) is 10.3. The number of hydrogen-bond acceptors (Lipinski definition) is 2. The van der Waals surface area contributed by atoms with Crippen molar-refractivity contribution in [1.82, 2.24) is 4.90 Å². The number of halogens is 5. The number of likely N-dealkylation sites (tertiary alicyclic amines) is 1. The highest BCUT2D eigenvalue weighted by Gasteiger charge is 2.36. The molecule has 1 unspecified atom stereocenters. The lowest BCUT2D eigenvalue weighted by atomic mass is 9.94. The van der Waals surface area contributed by atoms with Gasteiger partial charge in [0.2, 0.25) is 5.91 Å². The molecule has 2 aromatic carbocycles. The molecule has 1 heterocycles. The van der Waals surface area contributed by atoms with Crippen molar-refractivity contribution in [3.8, 4) is 0 Å². The summed E-state index contributed by atoms with van der Waals surface area (Å²) in [7, 11) is 0. The van der Waals surface area contributed by atoms with Crippen molar-refractivity contribution in [3.05, 3.63) is 71.3 Å². The molecule has 1 aliphatic rings. The number of amides is 1. The van der Waals surface area contributed by atoms with Gasteiger partial charge in [-0.15, -0.1) is 0 Å². The van der Waals surface area contributed by atoms with Gasteiger partial charge < -0.3 is 9.64 Å². The fourth-order valence-corrected chi connectivity index (χ4v) is 3.65. The highest BCUT2D eigenvalue weighted by atomic mass is 19.4. The molecule has 1 amide bonds. The molecule has 0 radical (unpaired) electrons. The van der Waals surface area contributed by atoms with Crippen LogP contribution in [0.4, 0.5) is 22.0 Å². The minimum Gasteiger partial charge on any atom is -0.371 e. The van der Waals surface area contributed by atoms with E-state index in [9.17, 15) is 26.7 Å². The van der Waals surface area contributed by atoms with Gasteiger partial charge in [0, 0.05) is 26.0 Å². The van der Waals surface area contributed by atoms with E-state index in [2.05, 4.69) is 0 Å². The Kier molecular flexibility index (Phi) is 7.07. The number of carbonyl (C=O) groups excluding carboxylic acids is 1. The number of carbonyl (C=O) groups is 1. The van der Waals surface area contributed by atoms with E-state index in [4.69, 9.17) is 4.74 Å². The van der Waals surface area contributed by atoms with E-state index in [0.717, 1.165) is 0 Å². The van der Waals surface area contributed by atoms with Crippen LogP contribution >= 0.6 is 0 Å². The predicted octanol–water partition coefficient (Wildman–Crippen LogP) is 5.73. The lowest BCUT2D eigenvalue weighted by Crippen LogP contribution is -2.35. The number of ether oxygens (including phenoxy) is 1. The highest BCUT2D eigenvalue weighted by Crippen LogP contribution is 2.39. The maximum absolute atomic E-state index is 13.5. The second-order valence-corrected chi connectivity index (χ2v) is 7.25. The summed E-state index contributed by atoms with van der Waals surface area (Å²) in [4.78, 5) is 14.1. The first kappa shape index (κ1) is 22.2. The summed E-state index contributed by atoms with van der Waals surface area (Å²) < 4.78 is 70.3. The normalized spacial score (nSPS) is 16.7. The van der Waals surface area contributed by atoms with Gasteiger partial charge in [-0.25, -0.2) is 8.78 Å². The van der Waals surface area contributed by atoms with Gasteiger partial charge in [-0.05, 0) is 48.2 Å². The molecule has 8 heteroatoms. The Labute approximate surface area is 171 Å². The fourth-order valence-electron chi connectivity index (χ4n) is 3.65. The standard InChI is InChI=1S/C22H22F5NO2/c23-17-8-4-15(5-9-17)20(28-13-1-3-19(28)29)21(16-6-10-18(24)11-7-16)30-14-2-12-22(25,26)27/h4-11,20-21H,1-3,12-14H2/t20?,21-/m1/s1. The van der Waals surface area contributed by atoms with Crippen LogP contribution in [0.25, 0.3) is 0 Å². The predicted molar refractivity (Wildman–Crippen MR) is 100 cm³/mol. The zero-order valence-corrected chi connectivity index (χ0v) is 16.2. The van der Waals surface area contributed by atoms with Crippen LogP contribution in [0.5, 0.6) is 0 Å². The monoisotopic (exact) mass is 427 g/mol. The molecule has 1 aliphatic heterocycles.